The molecular formula is C27H20ClNO3. The van der Waals surface area contributed by atoms with Crippen LogP contribution in [0.1, 0.15) is 51.4 Å². The fourth-order valence-electron chi connectivity index (χ4n) is 3.98. The van der Waals surface area contributed by atoms with E-state index in [1.165, 1.54) is 0 Å². The first kappa shape index (κ1) is 20.4. The molecule has 0 aliphatic carbocycles. The molecular weight excluding hydrogens is 422 g/mol. The lowest BCUT2D eigenvalue weighted by Gasteiger charge is -2.16. The van der Waals surface area contributed by atoms with Crippen molar-refractivity contribution < 1.29 is 14.6 Å². The molecule has 3 aromatic carbocycles. The molecule has 1 N–H and O–H groups in total. The van der Waals surface area contributed by atoms with Crippen LogP contribution in [0.3, 0.4) is 0 Å². The Labute approximate surface area is 190 Å². The van der Waals surface area contributed by atoms with E-state index < -0.39 is 12.2 Å². The van der Waals surface area contributed by atoms with E-state index in [2.05, 4.69) is 4.98 Å². The first-order valence-corrected chi connectivity index (χ1v) is 10.8. The lowest BCUT2D eigenvalue weighted by molar-refractivity contribution is 0.0234. The standard InChI is InChI=1S/C27H20ClNO3/c28-20-11-9-18-10-13-21(29-24(18)15-20)12-8-17-4-3-5-19(14-17)25(30)16-26-22-6-1-2-7-23(22)27(31)32-26/h1-15,25-26,30H,16H2/b12-8+/t25-,26+/m0/s1. The number of aliphatic hydroxyl groups excluding tert-OH is 1. The Morgan fingerprint density at radius 1 is 1.00 bits per heavy atom. The van der Waals surface area contributed by atoms with Gasteiger partial charge in [-0.3, -0.25) is 0 Å². The maximum Gasteiger partial charge on any atom is 0.339 e. The molecule has 4 nitrogen and oxygen atoms in total. The Morgan fingerprint density at radius 3 is 2.75 bits per heavy atom. The summed E-state index contributed by atoms with van der Waals surface area (Å²) in [6, 6.07) is 24.6. The van der Waals surface area contributed by atoms with Crippen LogP contribution in [0.5, 0.6) is 0 Å². The number of aliphatic hydroxyl groups is 1. The van der Waals surface area contributed by atoms with E-state index in [-0.39, 0.29) is 5.97 Å². The van der Waals surface area contributed by atoms with Gasteiger partial charge in [0.2, 0.25) is 0 Å². The number of carbonyl (C=O) groups is 1. The van der Waals surface area contributed by atoms with Crippen LogP contribution >= 0.6 is 11.6 Å². The number of hydrogen-bond acceptors (Lipinski definition) is 4. The van der Waals surface area contributed by atoms with Gasteiger partial charge in [0.15, 0.2) is 0 Å². The number of nitrogens with zero attached hydrogens (tertiary/aromatic N) is 1. The number of benzene rings is 3. The predicted octanol–water partition coefficient (Wildman–Crippen LogP) is 6.39. The summed E-state index contributed by atoms with van der Waals surface area (Å²) in [5.74, 6) is -0.335. The van der Waals surface area contributed by atoms with Crippen molar-refractivity contribution in [2.45, 2.75) is 18.6 Å². The summed E-state index contributed by atoms with van der Waals surface area (Å²) in [5, 5.41) is 12.5. The first-order chi connectivity index (χ1) is 15.6. The summed E-state index contributed by atoms with van der Waals surface area (Å²) in [5.41, 5.74) is 4.78. The summed E-state index contributed by atoms with van der Waals surface area (Å²) in [7, 11) is 0. The average molecular weight is 442 g/mol. The lowest BCUT2D eigenvalue weighted by atomic mass is 9.96. The third kappa shape index (κ3) is 4.15. The molecule has 4 aromatic rings. The SMILES string of the molecule is O=C1O[C@H](C[C@H](O)c2cccc(/C=C/c3ccc4ccc(Cl)cc4n3)c2)c2ccccc21. The van der Waals surface area contributed by atoms with E-state index in [9.17, 15) is 9.90 Å². The Hall–Kier alpha value is -3.47. The third-order valence-electron chi connectivity index (χ3n) is 5.63. The highest BCUT2D eigenvalue weighted by Gasteiger charge is 2.32. The second kappa shape index (κ2) is 8.58. The Morgan fingerprint density at radius 2 is 1.84 bits per heavy atom. The van der Waals surface area contributed by atoms with Crippen molar-refractivity contribution >= 4 is 40.6 Å². The summed E-state index contributed by atoms with van der Waals surface area (Å²) >= 11 is 6.08. The number of pyridine rings is 1. The van der Waals surface area contributed by atoms with Crippen LogP contribution in [0.4, 0.5) is 0 Å². The third-order valence-corrected chi connectivity index (χ3v) is 5.87. The lowest BCUT2D eigenvalue weighted by Crippen LogP contribution is -2.06. The average Bonchev–Trinajstić information content (AvgIpc) is 3.13. The molecule has 0 unspecified atom stereocenters. The Balaban J connectivity index is 1.33. The summed E-state index contributed by atoms with van der Waals surface area (Å²) in [4.78, 5) is 16.7. The quantitative estimate of drug-likeness (QED) is 0.364. The molecule has 0 amide bonds. The molecule has 5 heteroatoms. The summed E-state index contributed by atoms with van der Waals surface area (Å²) in [6.45, 7) is 0. The minimum Gasteiger partial charge on any atom is -0.454 e. The van der Waals surface area contributed by atoms with E-state index >= 15 is 0 Å². The van der Waals surface area contributed by atoms with E-state index in [0.717, 1.165) is 33.3 Å². The molecule has 1 aliphatic heterocycles. The minimum atomic E-state index is -0.756. The maximum absolute atomic E-state index is 12.0. The number of ether oxygens (including phenoxy) is 1. The Kier molecular flexibility index (Phi) is 5.48. The van der Waals surface area contributed by atoms with Gasteiger partial charge in [-0.2, -0.15) is 0 Å². The van der Waals surface area contributed by atoms with Crippen molar-refractivity contribution in [3.05, 3.63) is 112 Å². The van der Waals surface area contributed by atoms with Gasteiger partial charge in [0.25, 0.3) is 0 Å². The van der Waals surface area contributed by atoms with Gasteiger partial charge in [0.1, 0.15) is 6.10 Å². The smallest absolute Gasteiger partial charge is 0.339 e. The molecule has 32 heavy (non-hydrogen) atoms. The largest absolute Gasteiger partial charge is 0.454 e. The second-order valence-corrected chi connectivity index (χ2v) is 8.25. The van der Waals surface area contributed by atoms with Crippen LogP contribution < -0.4 is 0 Å². The molecule has 0 radical (unpaired) electrons. The van der Waals surface area contributed by atoms with Gasteiger partial charge < -0.3 is 9.84 Å². The van der Waals surface area contributed by atoms with Crippen LogP contribution in [0.2, 0.25) is 5.02 Å². The van der Waals surface area contributed by atoms with E-state index in [0.29, 0.717) is 17.0 Å². The monoisotopic (exact) mass is 441 g/mol. The number of halogens is 1. The molecule has 1 aromatic heterocycles. The molecule has 0 saturated heterocycles. The topological polar surface area (TPSA) is 59.4 Å². The van der Waals surface area contributed by atoms with Gasteiger partial charge in [-0.25, -0.2) is 9.78 Å². The second-order valence-electron chi connectivity index (χ2n) is 7.81. The maximum atomic E-state index is 12.0. The van der Waals surface area contributed by atoms with Gasteiger partial charge in [0.05, 0.1) is 22.9 Å². The van der Waals surface area contributed by atoms with Crippen LogP contribution in [0.15, 0.2) is 78.9 Å². The van der Waals surface area contributed by atoms with E-state index in [1.807, 2.05) is 84.9 Å². The van der Waals surface area contributed by atoms with E-state index in [1.54, 1.807) is 6.07 Å². The van der Waals surface area contributed by atoms with E-state index in [4.69, 9.17) is 16.3 Å². The first-order valence-electron chi connectivity index (χ1n) is 10.4. The molecule has 2 atom stereocenters. The van der Waals surface area contributed by atoms with Crippen molar-refractivity contribution in [2.24, 2.45) is 0 Å². The van der Waals surface area contributed by atoms with Gasteiger partial charge in [-0.15, -0.1) is 0 Å². The number of cyclic esters (lactones) is 1. The van der Waals surface area contributed by atoms with Gasteiger partial charge in [-0.1, -0.05) is 66.2 Å². The molecule has 5 rings (SSSR count). The zero-order valence-electron chi connectivity index (χ0n) is 17.1. The zero-order valence-corrected chi connectivity index (χ0v) is 17.9. The van der Waals surface area contributed by atoms with Gasteiger partial charge in [-0.05, 0) is 47.5 Å². The molecule has 0 saturated carbocycles. The van der Waals surface area contributed by atoms with Crippen LogP contribution in [-0.4, -0.2) is 16.1 Å². The van der Waals surface area contributed by atoms with Crippen molar-refractivity contribution in [2.75, 3.05) is 0 Å². The molecule has 0 bridgehead atoms. The molecule has 0 spiro atoms. The fourth-order valence-corrected chi connectivity index (χ4v) is 4.15. The highest BCUT2D eigenvalue weighted by atomic mass is 35.5. The molecule has 2 heterocycles. The number of carbonyl (C=O) groups excluding carboxylic acids is 1. The normalized spacial score (nSPS) is 16.3. The van der Waals surface area contributed by atoms with Crippen molar-refractivity contribution in [3.63, 3.8) is 0 Å². The van der Waals surface area contributed by atoms with Crippen LogP contribution in [0.25, 0.3) is 23.1 Å². The number of esters is 1. The van der Waals surface area contributed by atoms with Gasteiger partial charge in [0, 0.05) is 22.4 Å². The fraction of sp³-hybridized carbons (Fsp3) is 0.111. The molecule has 0 fully saturated rings. The number of aromatic nitrogens is 1. The zero-order chi connectivity index (χ0) is 22.1. The predicted molar refractivity (Wildman–Crippen MR) is 126 cm³/mol. The van der Waals surface area contributed by atoms with Crippen molar-refractivity contribution in [1.29, 1.82) is 0 Å². The highest BCUT2D eigenvalue weighted by molar-refractivity contribution is 6.31. The van der Waals surface area contributed by atoms with Gasteiger partial charge >= 0.3 is 5.97 Å². The summed E-state index contributed by atoms with van der Waals surface area (Å²) in [6.07, 6.45) is 3.00. The van der Waals surface area contributed by atoms with Crippen molar-refractivity contribution in [1.82, 2.24) is 4.98 Å². The molecule has 1 aliphatic rings. The number of hydrogen-bond donors (Lipinski definition) is 1. The Bertz CT molecular complexity index is 1350. The highest BCUT2D eigenvalue weighted by Crippen LogP contribution is 2.37. The summed E-state index contributed by atoms with van der Waals surface area (Å²) < 4.78 is 5.47. The molecule has 158 valence electrons. The minimum absolute atomic E-state index is 0.308. The van der Waals surface area contributed by atoms with Crippen LogP contribution in [0, 0.1) is 0 Å². The number of rotatable bonds is 5. The van der Waals surface area contributed by atoms with Crippen molar-refractivity contribution in [3.8, 4) is 0 Å². The van der Waals surface area contributed by atoms with Crippen LogP contribution in [-0.2, 0) is 4.74 Å². The number of fused-ring (bicyclic) bond motifs is 2.